The van der Waals surface area contributed by atoms with Gasteiger partial charge in [-0.1, -0.05) is 30.3 Å². The van der Waals surface area contributed by atoms with E-state index in [1.54, 1.807) is 0 Å². The number of carbonyl (C=O) groups excluding carboxylic acids is 1. The van der Waals surface area contributed by atoms with E-state index in [0.29, 0.717) is 6.42 Å². The topological polar surface area (TPSA) is 44.8 Å². The summed E-state index contributed by atoms with van der Waals surface area (Å²) in [6, 6.07) is 10.0. The number of rotatable bonds is 3. The number of carbonyl (C=O) groups is 1. The van der Waals surface area contributed by atoms with Crippen molar-refractivity contribution < 1.29 is 19.0 Å². The molecule has 2 fully saturated rings. The van der Waals surface area contributed by atoms with Gasteiger partial charge in [-0.3, -0.25) is 0 Å². The zero-order valence-electron chi connectivity index (χ0n) is 11.7. The Bertz CT molecular complexity index is 465. The van der Waals surface area contributed by atoms with E-state index >= 15 is 0 Å². The van der Waals surface area contributed by atoms with E-state index in [0.717, 1.165) is 31.2 Å². The van der Waals surface area contributed by atoms with E-state index in [1.165, 1.54) is 7.11 Å². The van der Waals surface area contributed by atoms with E-state index in [4.69, 9.17) is 14.2 Å². The van der Waals surface area contributed by atoms with Gasteiger partial charge < -0.3 is 14.2 Å². The molecule has 108 valence electrons. The Hall–Kier alpha value is -1.39. The number of hydrogen-bond donors (Lipinski definition) is 0. The van der Waals surface area contributed by atoms with Crippen LogP contribution in [0.4, 0.5) is 0 Å². The number of esters is 1. The highest BCUT2D eigenvalue weighted by Gasteiger charge is 2.51. The van der Waals surface area contributed by atoms with Crippen molar-refractivity contribution in [2.75, 3.05) is 7.11 Å². The molecule has 3 rings (SSSR count). The van der Waals surface area contributed by atoms with E-state index in [9.17, 15) is 4.79 Å². The molecule has 1 aromatic carbocycles. The zero-order chi connectivity index (χ0) is 14.0. The molecular weight excluding hydrogens is 256 g/mol. The molecule has 4 heteroatoms. The van der Waals surface area contributed by atoms with Gasteiger partial charge in [0.15, 0.2) is 11.9 Å². The Morgan fingerprint density at radius 3 is 2.60 bits per heavy atom. The average molecular weight is 276 g/mol. The minimum Gasteiger partial charge on any atom is -0.467 e. The fourth-order valence-electron chi connectivity index (χ4n) is 3.13. The first kappa shape index (κ1) is 13.6. The molecule has 0 amide bonds. The van der Waals surface area contributed by atoms with Crippen LogP contribution in [0.5, 0.6) is 0 Å². The molecule has 1 spiro atoms. The minimum atomic E-state index is -0.613. The first-order valence-electron chi connectivity index (χ1n) is 7.20. The third kappa shape index (κ3) is 2.58. The maximum atomic E-state index is 11.9. The van der Waals surface area contributed by atoms with Crippen molar-refractivity contribution in [2.24, 2.45) is 0 Å². The standard InChI is InChI=1S/C16H20O4/c1-18-15(17)14-13(11-12-7-3-2-4-8-12)19-16(20-14)9-5-6-10-16/h2-4,7-8,13-14H,5-6,9-11H2,1H3/t13-,14-/m0/s1. The molecule has 20 heavy (non-hydrogen) atoms. The largest absolute Gasteiger partial charge is 0.467 e. The van der Waals surface area contributed by atoms with E-state index in [-0.39, 0.29) is 12.1 Å². The maximum absolute atomic E-state index is 11.9. The molecule has 1 aliphatic heterocycles. The molecule has 1 aromatic rings. The van der Waals surface area contributed by atoms with Crippen LogP contribution >= 0.6 is 0 Å². The SMILES string of the molecule is COC(=O)[C@H]1OC2(CCCC2)O[C@H]1Cc1ccccc1. The van der Waals surface area contributed by atoms with Gasteiger partial charge in [-0.25, -0.2) is 4.79 Å². The first-order chi connectivity index (χ1) is 9.72. The van der Waals surface area contributed by atoms with Gasteiger partial charge in [-0.15, -0.1) is 0 Å². The molecule has 0 unspecified atom stereocenters. The van der Waals surface area contributed by atoms with Crippen LogP contribution in [0.2, 0.25) is 0 Å². The highest BCUT2D eigenvalue weighted by molar-refractivity contribution is 5.75. The monoisotopic (exact) mass is 276 g/mol. The second kappa shape index (κ2) is 5.54. The van der Waals surface area contributed by atoms with Crippen molar-refractivity contribution in [2.45, 2.75) is 50.1 Å². The Balaban J connectivity index is 1.77. The molecule has 1 saturated carbocycles. The van der Waals surface area contributed by atoms with Crippen molar-refractivity contribution in [1.82, 2.24) is 0 Å². The summed E-state index contributed by atoms with van der Waals surface area (Å²) in [4.78, 5) is 11.9. The molecule has 1 saturated heterocycles. The van der Waals surface area contributed by atoms with Crippen molar-refractivity contribution in [3.63, 3.8) is 0 Å². The summed E-state index contributed by atoms with van der Waals surface area (Å²) in [6.07, 6.45) is 3.71. The molecular formula is C16H20O4. The van der Waals surface area contributed by atoms with E-state index < -0.39 is 11.9 Å². The number of methoxy groups -OCH3 is 1. The highest BCUT2D eigenvalue weighted by atomic mass is 16.8. The molecule has 1 heterocycles. The summed E-state index contributed by atoms with van der Waals surface area (Å²) >= 11 is 0. The van der Waals surface area contributed by atoms with Crippen molar-refractivity contribution in [1.29, 1.82) is 0 Å². The van der Waals surface area contributed by atoms with Crippen molar-refractivity contribution in [3.05, 3.63) is 35.9 Å². The summed E-state index contributed by atoms with van der Waals surface area (Å²) in [5, 5.41) is 0. The lowest BCUT2D eigenvalue weighted by atomic mass is 10.0. The van der Waals surface area contributed by atoms with Crippen LogP contribution in [0.15, 0.2) is 30.3 Å². The molecule has 0 bridgehead atoms. The van der Waals surface area contributed by atoms with Gasteiger partial charge in [0.1, 0.15) is 6.10 Å². The lowest BCUT2D eigenvalue weighted by Gasteiger charge is -2.21. The minimum absolute atomic E-state index is 0.261. The predicted molar refractivity (Wildman–Crippen MR) is 73.1 cm³/mol. The van der Waals surface area contributed by atoms with Gasteiger partial charge in [-0.2, -0.15) is 0 Å². The summed E-state index contributed by atoms with van der Waals surface area (Å²) in [7, 11) is 1.39. The molecule has 4 nitrogen and oxygen atoms in total. The molecule has 2 aliphatic rings. The number of hydrogen-bond acceptors (Lipinski definition) is 4. The van der Waals surface area contributed by atoms with Crippen LogP contribution in [-0.4, -0.2) is 31.1 Å². The molecule has 2 atom stereocenters. The molecule has 0 aromatic heterocycles. The Kier molecular flexibility index (Phi) is 3.76. The first-order valence-corrected chi connectivity index (χ1v) is 7.20. The fourth-order valence-corrected chi connectivity index (χ4v) is 3.13. The van der Waals surface area contributed by atoms with Crippen LogP contribution in [-0.2, 0) is 25.4 Å². The third-order valence-corrected chi connectivity index (χ3v) is 4.12. The lowest BCUT2D eigenvalue weighted by Crippen LogP contribution is -2.34. The summed E-state index contributed by atoms with van der Waals surface area (Å²) in [5.41, 5.74) is 1.14. The summed E-state index contributed by atoms with van der Waals surface area (Å²) in [5.74, 6) is -0.895. The van der Waals surface area contributed by atoms with E-state index in [2.05, 4.69) is 0 Å². The van der Waals surface area contributed by atoms with Gasteiger partial charge in [0.2, 0.25) is 0 Å². The van der Waals surface area contributed by atoms with Gasteiger partial charge in [0.05, 0.1) is 7.11 Å². The van der Waals surface area contributed by atoms with Crippen LogP contribution in [0.25, 0.3) is 0 Å². The second-order valence-electron chi connectivity index (χ2n) is 5.53. The zero-order valence-corrected chi connectivity index (χ0v) is 11.7. The highest BCUT2D eigenvalue weighted by Crippen LogP contribution is 2.42. The third-order valence-electron chi connectivity index (χ3n) is 4.12. The van der Waals surface area contributed by atoms with Crippen LogP contribution in [0.3, 0.4) is 0 Å². The quantitative estimate of drug-likeness (QED) is 0.796. The molecule has 0 radical (unpaired) electrons. The van der Waals surface area contributed by atoms with Crippen molar-refractivity contribution in [3.8, 4) is 0 Å². The normalized spacial score (nSPS) is 27.9. The lowest BCUT2D eigenvalue weighted by molar-refractivity contribution is -0.180. The second-order valence-corrected chi connectivity index (χ2v) is 5.53. The Morgan fingerprint density at radius 2 is 1.95 bits per heavy atom. The van der Waals surface area contributed by atoms with Crippen LogP contribution in [0, 0.1) is 0 Å². The van der Waals surface area contributed by atoms with E-state index in [1.807, 2.05) is 30.3 Å². The maximum Gasteiger partial charge on any atom is 0.337 e. The summed E-state index contributed by atoms with van der Waals surface area (Å²) in [6.45, 7) is 0. The Labute approximate surface area is 119 Å². The summed E-state index contributed by atoms with van der Waals surface area (Å²) < 4.78 is 16.9. The Morgan fingerprint density at radius 1 is 1.25 bits per heavy atom. The fraction of sp³-hybridized carbons (Fsp3) is 0.562. The smallest absolute Gasteiger partial charge is 0.337 e. The number of ether oxygens (including phenoxy) is 3. The van der Waals surface area contributed by atoms with Crippen LogP contribution < -0.4 is 0 Å². The van der Waals surface area contributed by atoms with Crippen molar-refractivity contribution >= 4 is 5.97 Å². The van der Waals surface area contributed by atoms with Gasteiger partial charge in [0.25, 0.3) is 0 Å². The van der Waals surface area contributed by atoms with Gasteiger partial charge in [-0.05, 0) is 18.4 Å². The molecule has 0 N–H and O–H groups in total. The number of benzene rings is 1. The van der Waals surface area contributed by atoms with Crippen LogP contribution in [0.1, 0.15) is 31.2 Å². The molecule has 1 aliphatic carbocycles. The predicted octanol–water partition coefficient (Wildman–Crippen LogP) is 2.46. The average Bonchev–Trinajstić information content (AvgIpc) is 3.07. The van der Waals surface area contributed by atoms with Gasteiger partial charge in [0, 0.05) is 19.3 Å². The van der Waals surface area contributed by atoms with Gasteiger partial charge >= 0.3 is 5.97 Å².